The summed E-state index contributed by atoms with van der Waals surface area (Å²) in [4.78, 5) is 0. The maximum atomic E-state index is 2.30. The third kappa shape index (κ3) is 25.0. The third-order valence-corrected chi connectivity index (χ3v) is 3.02. The normalized spacial score (nSPS) is 28.7. The highest BCUT2D eigenvalue weighted by molar-refractivity contribution is 4.77. The smallest absolute Gasteiger partial charge is 0.0414 e. The second-order valence-electron chi connectivity index (χ2n) is 4.38. The highest BCUT2D eigenvalue weighted by Gasteiger charge is 2.26. The van der Waals surface area contributed by atoms with Crippen molar-refractivity contribution in [3.05, 3.63) is 0 Å². The molecule has 0 saturated heterocycles. The van der Waals surface area contributed by atoms with E-state index >= 15 is 0 Å². The van der Waals surface area contributed by atoms with Gasteiger partial charge in [0.2, 0.25) is 0 Å². The summed E-state index contributed by atoms with van der Waals surface area (Å²) in [6, 6.07) is 0. The van der Waals surface area contributed by atoms with Crippen molar-refractivity contribution in [2.45, 2.75) is 95.9 Å². The van der Waals surface area contributed by atoms with Gasteiger partial charge in [0.1, 0.15) is 0 Å². The van der Waals surface area contributed by atoms with Gasteiger partial charge in [0.05, 0.1) is 0 Å². The molecule has 0 nitrogen and oxygen atoms in total. The lowest BCUT2D eigenvalue weighted by Gasteiger charge is -1.66. The minimum absolute atomic E-state index is 1.05. The molecule has 0 amide bonds. The van der Waals surface area contributed by atoms with E-state index in [4.69, 9.17) is 0 Å². The average Bonchev–Trinajstić information content (AvgIpc) is 3.32. The number of hydrogen-bond acceptors (Lipinski definition) is 0. The van der Waals surface area contributed by atoms with E-state index in [0.29, 0.717) is 0 Å². The molecule has 2 fully saturated rings. The Hall–Kier alpha value is 0. The zero-order valence-corrected chi connectivity index (χ0v) is 15.7. The van der Waals surface area contributed by atoms with Gasteiger partial charge in [0.15, 0.2) is 0 Å². The van der Waals surface area contributed by atoms with Crippen molar-refractivity contribution >= 4 is 0 Å². The molecule has 2 aliphatic carbocycles. The van der Waals surface area contributed by atoms with Crippen LogP contribution in [0.25, 0.3) is 0 Å². The monoisotopic (exact) mass is 260 g/mol. The van der Waals surface area contributed by atoms with E-state index in [9.17, 15) is 0 Å². The average molecular weight is 261 g/mol. The Bertz CT molecular complexity index is 80.6. The fourth-order valence-corrected chi connectivity index (χ4v) is 1.02. The van der Waals surface area contributed by atoms with Crippen LogP contribution in [0.1, 0.15) is 95.9 Å². The Balaban J connectivity index is -0.0000000713. The molecule has 0 unspecified atom stereocenters. The summed E-state index contributed by atoms with van der Waals surface area (Å²) >= 11 is 0. The topological polar surface area (TPSA) is 0 Å². The van der Waals surface area contributed by atoms with Crippen LogP contribution >= 0.6 is 0 Å². The first-order valence-electron chi connectivity index (χ1n) is 8.61. The third-order valence-electron chi connectivity index (χ3n) is 3.02. The van der Waals surface area contributed by atoms with Gasteiger partial charge in [0.25, 0.3) is 0 Å². The Kier molecular flexibility index (Phi) is 32.7. The van der Waals surface area contributed by atoms with Crippen LogP contribution in [0.15, 0.2) is 0 Å². The predicted octanol–water partition coefficient (Wildman–Crippen LogP) is 7.43. The SMILES string of the molecule is CC.CC.CC.CC.C[C@@H]1C[C@@H]1C.C[C@@H]1C[C@@H]1C. The highest BCUT2D eigenvalue weighted by atomic mass is 14.3. The molecule has 2 rings (SSSR count). The fourth-order valence-electron chi connectivity index (χ4n) is 1.02. The lowest BCUT2D eigenvalue weighted by atomic mass is 10.4. The van der Waals surface area contributed by atoms with Crippen LogP contribution in [0, 0.1) is 23.7 Å². The Morgan fingerprint density at radius 2 is 0.444 bits per heavy atom. The van der Waals surface area contributed by atoms with Crippen LogP contribution < -0.4 is 0 Å². The molecule has 0 aromatic rings. The van der Waals surface area contributed by atoms with Gasteiger partial charge in [-0.25, -0.2) is 0 Å². The zero-order valence-electron chi connectivity index (χ0n) is 15.7. The first kappa shape index (κ1) is 26.5. The molecule has 0 aromatic heterocycles. The molecule has 0 heterocycles. The van der Waals surface area contributed by atoms with Crippen molar-refractivity contribution in [1.29, 1.82) is 0 Å². The molecular weight excluding hydrogens is 216 g/mol. The molecule has 18 heavy (non-hydrogen) atoms. The molecule has 0 N–H and O–H groups in total. The number of hydrogen-bond donors (Lipinski definition) is 0. The minimum Gasteiger partial charge on any atom is -0.0683 e. The van der Waals surface area contributed by atoms with Gasteiger partial charge in [0, 0.05) is 0 Å². The molecule has 2 saturated carbocycles. The van der Waals surface area contributed by atoms with Crippen LogP contribution in [0.4, 0.5) is 0 Å². The van der Waals surface area contributed by atoms with Crippen molar-refractivity contribution in [3.63, 3.8) is 0 Å². The quantitative estimate of drug-likeness (QED) is 0.425. The van der Waals surface area contributed by atoms with E-state index in [1.165, 1.54) is 12.8 Å². The van der Waals surface area contributed by atoms with Crippen molar-refractivity contribution in [2.24, 2.45) is 23.7 Å². The maximum absolute atomic E-state index is 2.30. The van der Waals surface area contributed by atoms with E-state index in [1.807, 2.05) is 55.4 Å². The Labute approximate surface area is 120 Å². The van der Waals surface area contributed by atoms with Crippen molar-refractivity contribution in [2.75, 3.05) is 0 Å². The summed E-state index contributed by atoms with van der Waals surface area (Å²) in [6.45, 7) is 25.2. The first-order valence-corrected chi connectivity index (χ1v) is 8.61. The molecule has 116 valence electrons. The molecule has 0 bridgehead atoms. The van der Waals surface area contributed by atoms with Gasteiger partial charge in [-0.05, 0) is 36.5 Å². The van der Waals surface area contributed by atoms with Gasteiger partial charge >= 0.3 is 0 Å². The van der Waals surface area contributed by atoms with Crippen LogP contribution in [-0.4, -0.2) is 0 Å². The van der Waals surface area contributed by atoms with Crippen LogP contribution in [-0.2, 0) is 0 Å². The van der Waals surface area contributed by atoms with Gasteiger partial charge in [-0.1, -0.05) is 83.1 Å². The van der Waals surface area contributed by atoms with E-state index < -0.39 is 0 Å². The van der Waals surface area contributed by atoms with Gasteiger partial charge in [-0.15, -0.1) is 0 Å². The lowest BCUT2D eigenvalue weighted by molar-refractivity contribution is 0.834. The summed E-state index contributed by atoms with van der Waals surface area (Å²) in [5.41, 5.74) is 0. The van der Waals surface area contributed by atoms with E-state index in [-0.39, 0.29) is 0 Å². The molecule has 0 heteroatoms. The van der Waals surface area contributed by atoms with Crippen molar-refractivity contribution in [1.82, 2.24) is 0 Å². The largest absolute Gasteiger partial charge is 0.0683 e. The predicted molar refractivity (Wildman–Crippen MR) is 91.3 cm³/mol. The Morgan fingerprint density at radius 3 is 0.444 bits per heavy atom. The van der Waals surface area contributed by atoms with Crippen molar-refractivity contribution < 1.29 is 0 Å². The van der Waals surface area contributed by atoms with Gasteiger partial charge < -0.3 is 0 Å². The molecule has 0 aromatic carbocycles. The van der Waals surface area contributed by atoms with E-state index in [2.05, 4.69) is 27.7 Å². The van der Waals surface area contributed by atoms with Crippen LogP contribution in [0.3, 0.4) is 0 Å². The maximum Gasteiger partial charge on any atom is -0.0414 e. The van der Waals surface area contributed by atoms with E-state index in [0.717, 1.165) is 23.7 Å². The standard InChI is InChI=1S/2C5H10.4C2H6/c2*1-4-3-5(4)2;4*1-2/h2*4-5H,3H2,1-2H3;4*1-2H3/t2*4-,5+;;;;. The second kappa shape index (κ2) is 22.2. The molecule has 2 aliphatic rings. The summed E-state index contributed by atoms with van der Waals surface area (Å²) < 4.78 is 0. The summed E-state index contributed by atoms with van der Waals surface area (Å²) in [5.74, 6) is 4.20. The van der Waals surface area contributed by atoms with Crippen LogP contribution in [0.2, 0.25) is 0 Å². The van der Waals surface area contributed by atoms with Gasteiger partial charge in [-0.3, -0.25) is 0 Å². The first-order chi connectivity index (χ1) is 8.61. The fraction of sp³-hybridized carbons (Fsp3) is 1.00. The summed E-state index contributed by atoms with van der Waals surface area (Å²) in [7, 11) is 0. The molecule has 0 radical (unpaired) electrons. The second-order valence-corrected chi connectivity index (χ2v) is 4.38. The number of rotatable bonds is 0. The molecular formula is C18H44. The molecule has 0 aliphatic heterocycles. The summed E-state index contributed by atoms with van der Waals surface area (Å²) in [5, 5.41) is 0. The van der Waals surface area contributed by atoms with Crippen LogP contribution in [0.5, 0.6) is 0 Å². The highest BCUT2D eigenvalue weighted by Crippen LogP contribution is 2.36. The minimum atomic E-state index is 1.05. The zero-order chi connectivity index (χ0) is 15.7. The lowest BCUT2D eigenvalue weighted by Crippen LogP contribution is -1.58. The Morgan fingerprint density at radius 1 is 0.389 bits per heavy atom. The molecule has 4 atom stereocenters. The van der Waals surface area contributed by atoms with Crippen molar-refractivity contribution in [3.8, 4) is 0 Å². The van der Waals surface area contributed by atoms with Gasteiger partial charge in [-0.2, -0.15) is 0 Å². The molecule has 0 spiro atoms. The van der Waals surface area contributed by atoms with E-state index in [1.54, 1.807) is 0 Å². The summed E-state index contributed by atoms with van der Waals surface area (Å²) in [6.07, 6.45) is 2.94.